The number of likely N-dealkylation sites (N-methyl/N-ethyl adjacent to an activating group) is 1. The van der Waals surface area contributed by atoms with Crippen molar-refractivity contribution in [2.45, 2.75) is 44.6 Å². The molecule has 2 aliphatic heterocycles. The minimum Gasteiger partial charge on any atom is -0.492 e. The van der Waals surface area contributed by atoms with Gasteiger partial charge in [0.25, 0.3) is 0 Å². The molecule has 0 saturated carbocycles. The largest absolute Gasteiger partial charge is 0.492 e. The smallest absolute Gasteiger partial charge is 0.235 e. The van der Waals surface area contributed by atoms with Crippen LogP contribution in [-0.4, -0.2) is 72.0 Å². The van der Waals surface area contributed by atoms with Crippen LogP contribution in [0.4, 0.5) is 0 Å². The number of hydrogen-bond acceptors (Lipinski definition) is 7. The molecule has 2 saturated heterocycles. The molecule has 1 unspecified atom stereocenters. The predicted octanol–water partition coefficient (Wildman–Crippen LogP) is 2.82. The Bertz CT molecular complexity index is 1280. The highest BCUT2D eigenvalue weighted by Crippen LogP contribution is 2.36. The zero-order valence-corrected chi connectivity index (χ0v) is 20.1. The predicted molar refractivity (Wildman–Crippen MR) is 130 cm³/mol. The van der Waals surface area contributed by atoms with Gasteiger partial charge in [-0.15, -0.1) is 0 Å². The lowest BCUT2D eigenvalue weighted by molar-refractivity contribution is -0.134. The lowest BCUT2D eigenvalue weighted by Gasteiger charge is -2.36. The van der Waals surface area contributed by atoms with Crippen LogP contribution < -0.4 is 10.1 Å². The van der Waals surface area contributed by atoms with Crippen molar-refractivity contribution in [3.63, 3.8) is 0 Å². The molecule has 2 fully saturated rings. The Morgan fingerprint density at radius 2 is 2.00 bits per heavy atom. The minimum absolute atomic E-state index is 0.151. The summed E-state index contributed by atoms with van der Waals surface area (Å²) in [7, 11) is 2.11. The van der Waals surface area contributed by atoms with Crippen LogP contribution in [-0.2, 0) is 14.4 Å². The fraction of sp³-hybridized carbons (Fsp3) is 0.462. The summed E-state index contributed by atoms with van der Waals surface area (Å²) in [4.78, 5) is 39.7. The summed E-state index contributed by atoms with van der Waals surface area (Å²) < 4.78 is 11.6. The van der Waals surface area contributed by atoms with Crippen LogP contribution in [0.5, 0.6) is 5.75 Å². The second kappa shape index (κ2) is 9.65. The molecule has 5 rings (SSSR count). The number of amides is 3. The Kier molecular flexibility index (Phi) is 6.42. The van der Waals surface area contributed by atoms with Crippen molar-refractivity contribution < 1.29 is 23.6 Å². The maximum absolute atomic E-state index is 12.4. The third-order valence-corrected chi connectivity index (χ3v) is 7.27. The topological polar surface area (TPSA) is 105 Å². The number of fused-ring (bicyclic) bond motifs is 3. The Hall–Kier alpha value is -3.46. The van der Waals surface area contributed by atoms with E-state index < -0.39 is 5.92 Å². The van der Waals surface area contributed by atoms with Crippen LogP contribution in [0.3, 0.4) is 0 Å². The van der Waals surface area contributed by atoms with Crippen molar-refractivity contribution in [2.75, 3.05) is 33.3 Å². The maximum atomic E-state index is 12.4. The van der Waals surface area contributed by atoms with Gasteiger partial charge in [-0.1, -0.05) is 11.2 Å². The van der Waals surface area contributed by atoms with Crippen molar-refractivity contribution >= 4 is 39.5 Å². The zero-order chi connectivity index (χ0) is 24.5. The average Bonchev–Trinajstić information content (AvgIpc) is 3.28. The van der Waals surface area contributed by atoms with Gasteiger partial charge in [0.05, 0.1) is 11.3 Å². The molecular weight excluding hydrogens is 448 g/mol. The number of nitrogens with one attached hydrogen (secondary N) is 1. The number of nitrogens with zero attached hydrogens (tertiary/aromatic N) is 3. The first-order valence-corrected chi connectivity index (χ1v) is 12.1. The first kappa shape index (κ1) is 23.3. The van der Waals surface area contributed by atoms with E-state index in [-0.39, 0.29) is 24.1 Å². The molecule has 9 heteroatoms. The van der Waals surface area contributed by atoms with Gasteiger partial charge in [-0.25, -0.2) is 0 Å². The molecule has 0 bridgehead atoms. The number of hydrogen-bond donors (Lipinski definition) is 1. The van der Waals surface area contributed by atoms with E-state index >= 15 is 0 Å². The molecule has 1 N–H and O–H groups in total. The van der Waals surface area contributed by atoms with Gasteiger partial charge < -0.3 is 14.2 Å². The molecule has 0 radical (unpaired) electrons. The van der Waals surface area contributed by atoms with E-state index in [1.807, 2.05) is 35.2 Å². The number of imide groups is 1. The molecule has 3 heterocycles. The van der Waals surface area contributed by atoms with Crippen molar-refractivity contribution in [1.82, 2.24) is 20.3 Å². The highest BCUT2D eigenvalue weighted by molar-refractivity contribution is 6.10. The number of piperidine rings is 2. The molecule has 9 nitrogen and oxygen atoms in total. The number of carbonyl (C=O) groups is 3. The van der Waals surface area contributed by atoms with Crippen molar-refractivity contribution in [3.05, 3.63) is 36.0 Å². The second-order valence-electron chi connectivity index (χ2n) is 9.46. The normalized spacial score (nSPS) is 19.5. The van der Waals surface area contributed by atoms with E-state index in [2.05, 4.69) is 22.4 Å². The SMILES string of the molecule is CC(=O)N1CCC(N(C)CCOc2ccc3c(ccc4onc(C5CCC(=O)NC5=O)c43)c2)CC1. The van der Waals surface area contributed by atoms with E-state index in [1.165, 1.54) is 0 Å². The summed E-state index contributed by atoms with van der Waals surface area (Å²) in [6.45, 7) is 4.62. The van der Waals surface area contributed by atoms with Crippen LogP contribution in [0, 0.1) is 0 Å². The lowest BCUT2D eigenvalue weighted by Crippen LogP contribution is -2.45. The van der Waals surface area contributed by atoms with E-state index in [4.69, 9.17) is 9.26 Å². The summed E-state index contributed by atoms with van der Waals surface area (Å²) in [5.74, 6) is -0.162. The molecule has 0 spiro atoms. The number of likely N-dealkylation sites (tertiary alicyclic amines) is 1. The number of rotatable bonds is 6. The molecule has 2 aromatic carbocycles. The van der Waals surface area contributed by atoms with Gasteiger partial charge in [0.1, 0.15) is 18.1 Å². The van der Waals surface area contributed by atoms with E-state index in [0.717, 1.165) is 54.4 Å². The Morgan fingerprint density at radius 3 is 2.74 bits per heavy atom. The molecular formula is C26H30N4O5. The van der Waals surface area contributed by atoms with E-state index in [0.29, 0.717) is 30.3 Å². The molecule has 1 aromatic heterocycles. The average molecular weight is 479 g/mol. The molecule has 0 aliphatic carbocycles. The standard InChI is InChI=1S/C26H30N4O5/c1-16(31)30-11-9-18(10-12-30)29(2)13-14-34-19-4-5-20-17(15-19)3-7-22-24(20)25(28-35-22)21-6-8-23(32)27-26(21)33/h3-5,7,15,18,21H,6,8-14H2,1-2H3,(H,27,32,33). The van der Waals surface area contributed by atoms with E-state index in [1.54, 1.807) is 6.92 Å². The minimum atomic E-state index is -0.506. The van der Waals surface area contributed by atoms with Crippen LogP contribution >= 0.6 is 0 Å². The van der Waals surface area contributed by atoms with Gasteiger partial charge >= 0.3 is 0 Å². The molecule has 3 aromatic rings. The Balaban J connectivity index is 1.26. The summed E-state index contributed by atoms with van der Waals surface area (Å²) in [6.07, 6.45) is 2.68. The highest BCUT2D eigenvalue weighted by Gasteiger charge is 2.32. The molecule has 3 amide bonds. The van der Waals surface area contributed by atoms with Crippen molar-refractivity contribution in [2.24, 2.45) is 0 Å². The lowest BCUT2D eigenvalue weighted by atomic mass is 9.91. The van der Waals surface area contributed by atoms with Gasteiger partial charge in [0.2, 0.25) is 17.7 Å². The first-order valence-electron chi connectivity index (χ1n) is 12.1. The zero-order valence-electron chi connectivity index (χ0n) is 20.1. The monoisotopic (exact) mass is 478 g/mol. The summed E-state index contributed by atoms with van der Waals surface area (Å²) >= 11 is 0. The first-order chi connectivity index (χ1) is 16.9. The van der Waals surface area contributed by atoms with Gasteiger partial charge in [-0.2, -0.15) is 0 Å². The third kappa shape index (κ3) is 4.73. The molecule has 184 valence electrons. The van der Waals surface area contributed by atoms with Gasteiger partial charge in [0.15, 0.2) is 5.58 Å². The van der Waals surface area contributed by atoms with Crippen molar-refractivity contribution in [3.8, 4) is 5.75 Å². The van der Waals surface area contributed by atoms with Crippen LogP contribution in [0.2, 0.25) is 0 Å². The van der Waals surface area contributed by atoms with E-state index in [9.17, 15) is 14.4 Å². The Morgan fingerprint density at radius 1 is 1.20 bits per heavy atom. The number of aromatic nitrogens is 1. The van der Waals surface area contributed by atoms with Crippen molar-refractivity contribution in [1.29, 1.82) is 0 Å². The third-order valence-electron chi connectivity index (χ3n) is 7.27. The molecule has 1 atom stereocenters. The second-order valence-corrected chi connectivity index (χ2v) is 9.46. The fourth-order valence-corrected chi connectivity index (χ4v) is 5.17. The summed E-state index contributed by atoms with van der Waals surface area (Å²) in [5.41, 5.74) is 1.19. The number of benzene rings is 2. The number of ether oxygens (including phenoxy) is 1. The van der Waals surface area contributed by atoms with Gasteiger partial charge in [-0.3, -0.25) is 24.6 Å². The van der Waals surface area contributed by atoms with Crippen LogP contribution in [0.15, 0.2) is 34.9 Å². The van der Waals surface area contributed by atoms with Crippen LogP contribution in [0.1, 0.15) is 44.2 Å². The Labute approximate surface area is 203 Å². The number of carbonyl (C=O) groups excluding carboxylic acids is 3. The highest BCUT2D eigenvalue weighted by atomic mass is 16.5. The van der Waals surface area contributed by atoms with Gasteiger partial charge in [0, 0.05) is 39.0 Å². The maximum Gasteiger partial charge on any atom is 0.235 e. The van der Waals surface area contributed by atoms with Crippen LogP contribution in [0.25, 0.3) is 21.7 Å². The summed E-state index contributed by atoms with van der Waals surface area (Å²) in [5, 5.41) is 9.30. The summed E-state index contributed by atoms with van der Waals surface area (Å²) in [6, 6.07) is 10.2. The fourth-order valence-electron chi connectivity index (χ4n) is 5.17. The van der Waals surface area contributed by atoms with Gasteiger partial charge in [-0.05, 0) is 61.3 Å². The quantitative estimate of drug-likeness (QED) is 0.543. The molecule has 2 aliphatic rings. The molecule has 35 heavy (non-hydrogen) atoms.